The number of carboxylic acid groups (broad SMARTS) is 3. The third-order valence-electron chi connectivity index (χ3n) is 4.77. The van der Waals surface area contributed by atoms with Crippen LogP contribution in [0.15, 0.2) is 24.3 Å². The monoisotopic (exact) mass is 525 g/mol. The molecule has 0 radical (unpaired) electrons. The van der Waals surface area contributed by atoms with Crippen LogP contribution in [0.5, 0.6) is 5.75 Å². The summed E-state index contributed by atoms with van der Waals surface area (Å²) < 4.78 is 0. The highest BCUT2D eigenvalue weighted by Crippen LogP contribution is 2.12. The fraction of sp³-hybridized carbons (Fsp3) is 0.381. The SMILES string of the molecule is NC(=O)CC(N)C(=O)NC(CC(=O)O)C(=O)NC(Cc1ccc(O)cc1)C(=O)NC(CC(=O)O)C(=O)O. The number of carbonyl (C=O) groups excluding carboxylic acids is 4. The predicted molar refractivity (Wildman–Crippen MR) is 122 cm³/mol. The van der Waals surface area contributed by atoms with Gasteiger partial charge in [-0.25, -0.2) is 4.79 Å². The maximum Gasteiger partial charge on any atom is 0.326 e. The molecule has 0 heterocycles. The van der Waals surface area contributed by atoms with Gasteiger partial charge in [-0.1, -0.05) is 12.1 Å². The number of rotatable bonds is 15. The van der Waals surface area contributed by atoms with Crippen molar-refractivity contribution in [1.29, 1.82) is 0 Å². The topological polar surface area (TPSA) is 289 Å². The summed E-state index contributed by atoms with van der Waals surface area (Å²) in [7, 11) is 0. The van der Waals surface area contributed by atoms with Crippen LogP contribution >= 0.6 is 0 Å². The second kappa shape index (κ2) is 14.0. The Labute approximate surface area is 209 Å². The molecule has 4 amide bonds. The lowest BCUT2D eigenvalue weighted by atomic mass is 10.0. The molecular weight excluding hydrogens is 498 g/mol. The van der Waals surface area contributed by atoms with E-state index in [1.807, 2.05) is 5.32 Å². The number of carbonyl (C=O) groups is 7. The first kappa shape index (κ1) is 30.3. The summed E-state index contributed by atoms with van der Waals surface area (Å²) in [6, 6.07) is -1.39. The molecule has 4 atom stereocenters. The third kappa shape index (κ3) is 11.0. The van der Waals surface area contributed by atoms with Gasteiger partial charge in [0, 0.05) is 6.42 Å². The third-order valence-corrected chi connectivity index (χ3v) is 4.77. The lowest BCUT2D eigenvalue weighted by Crippen LogP contribution is -2.58. The van der Waals surface area contributed by atoms with Gasteiger partial charge in [0.2, 0.25) is 23.6 Å². The molecule has 11 N–H and O–H groups in total. The summed E-state index contributed by atoms with van der Waals surface area (Å²) in [6.07, 6.45) is -2.83. The number of primary amides is 1. The second-order valence-corrected chi connectivity index (χ2v) is 7.86. The van der Waals surface area contributed by atoms with Gasteiger partial charge in [0.25, 0.3) is 0 Å². The van der Waals surface area contributed by atoms with Crippen LogP contribution in [0.25, 0.3) is 0 Å². The number of aromatic hydroxyl groups is 1. The number of phenols is 1. The van der Waals surface area contributed by atoms with Crippen LogP contribution < -0.4 is 27.4 Å². The molecule has 1 rings (SSSR count). The number of nitrogens with two attached hydrogens (primary N) is 2. The summed E-state index contributed by atoms with van der Waals surface area (Å²) in [5.74, 6) is -9.12. The highest BCUT2D eigenvalue weighted by Gasteiger charge is 2.32. The predicted octanol–water partition coefficient (Wildman–Crippen LogP) is -3.37. The van der Waals surface area contributed by atoms with E-state index in [1.54, 1.807) is 0 Å². The van der Waals surface area contributed by atoms with E-state index in [1.165, 1.54) is 24.3 Å². The average Bonchev–Trinajstić information content (AvgIpc) is 2.77. The fourth-order valence-electron chi connectivity index (χ4n) is 2.97. The van der Waals surface area contributed by atoms with E-state index in [2.05, 4.69) is 10.6 Å². The number of amides is 4. The molecule has 0 saturated heterocycles. The van der Waals surface area contributed by atoms with Crippen molar-refractivity contribution >= 4 is 41.5 Å². The van der Waals surface area contributed by atoms with E-state index < -0.39 is 85.0 Å². The van der Waals surface area contributed by atoms with Crippen molar-refractivity contribution in [3.8, 4) is 5.75 Å². The smallest absolute Gasteiger partial charge is 0.326 e. The highest BCUT2D eigenvalue weighted by molar-refractivity contribution is 5.96. The van der Waals surface area contributed by atoms with E-state index in [-0.39, 0.29) is 12.2 Å². The number of nitrogens with one attached hydrogen (secondary N) is 3. The summed E-state index contributed by atoms with van der Waals surface area (Å²) in [5.41, 5.74) is 10.8. The van der Waals surface area contributed by atoms with Crippen LogP contribution in [0.1, 0.15) is 24.8 Å². The Morgan fingerprint density at radius 3 is 1.65 bits per heavy atom. The number of carboxylic acids is 3. The zero-order valence-electron chi connectivity index (χ0n) is 19.2. The van der Waals surface area contributed by atoms with Crippen molar-refractivity contribution in [1.82, 2.24) is 16.0 Å². The largest absolute Gasteiger partial charge is 0.508 e. The summed E-state index contributed by atoms with van der Waals surface area (Å²) in [5, 5.41) is 42.9. The molecule has 0 bridgehead atoms. The number of benzene rings is 1. The van der Waals surface area contributed by atoms with Gasteiger partial charge in [-0.2, -0.15) is 0 Å². The first-order valence-corrected chi connectivity index (χ1v) is 10.6. The zero-order valence-corrected chi connectivity index (χ0v) is 19.2. The minimum Gasteiger partial charge on any atom is -0.508 e. The summed E-state index contributed by atoms with van der Waals surface area (Å²) >= 11 is 0. The van der Waals surface area contributed by atoms with Crippen molar-refractivity contribution < 1.29 is 54.0 Å². The molecule has 16 nitrogen and oxygen atoms in total. The van der Waals surface area contributed by atoms with E-state index in [0.717, 1.165) is 0 Å². The van der Waals surface area contributed by atoms with Gasteiger partial charge in [0.1, 0.15) is 23.9 Å². The zero-order chi connectivity index (χ0) is 28.3. The molecule has 1 aromatic rings. The lowest BCUT2D eigenvalue weighted by Gasteiger charge is -2.24. The molecule has 1 aromatic carbocycles. The molecule has 0 aliphatic heterocycles. The molecule has 0 saturated carbocycles. The molecule has 37 heavy (non-hydrogen) atoms. The van der Waals surface area contributed by atoms with E-state index in [0.29, 0.717) is 5.56 Å². The lowest BCUT2D eigenvalue weighted by molar-refractivity contribution is -0.147. The van der Waals surface area contributed by atoms with Gasteiger partial charge in [-0.3, -0.25) is 28.8 Å². The normalized spacial score (nSPS) is 13.8. The number of hydrogen-bond acceptors (Lipinski definition) is 9. The van der Waals surface area contributed by atoms with Gasteiger partial charge >= 0.3 is 17.9 Å². The number of aliphatic carboxylic acids is 3. The van der Waals surface area contributed by atoms with Gasteiger partial charge in [0.05, 0.1) is 25.3 Å². The van der Waals surface area contributed by atoms with Gasteiger partial charge < -0.3 is 47.8 Å². The average molecular weight is 525 g/mol. The molecule has 202 valence electrons. The molecule has 16 heteroatoms. The summed E-state index contributed by atoms with van der Waals surface area (Å²) in [4.78, 5) is 82.4. The molecule has 0 aliphatic carbocycles. The van der Waals surface area contributed by atoms with Gasteiger partial charge in [-0.05, 0) is 17.7 Å². The molecular formula is C21H27N5O11. The molecule has 0 aliphatic rings. The van der Waals surface area contributed by atoms with Crippen LogP contribution in [0.2, 0.25) is 0 Å². The van der Waals surface area contributed by atoms with E-state index in [4.69, 9.17) is 21.7 Å². The van der Waals surface area contributed by atoms with Crippen molar-refractivity contribution in [2.45, 2.75) is 49.9 Å². The van der Waals surface area contributed by atoms with Crippen LogP contribution in [0.4, 0.5) is 0 Å². The van der Waals surface area contributed by atoms with Gasteiger partial charge in [-0.15, -0.1) is 0 Å². The molecule has 0 fully saturated rings. The Bertz CT molecular complexity index is 1040. The standard InChI is InChI=1S/C21H27N5O11/c22-11(6-15(23)28)18(33)24-13(7-16(29)30)20(35)25-12(5-9-1-3-10(27)4-2-9)19(34)26-14(21(36)37)8-17(31)32/h1-4,11-14,27H,5-8,22H2,(H2,23,28)(H,24,33)(H,25,35)(H,26,34)(H,29,30)(H,31,32)(H,36,37). The first-order chi connectivity index (χ1) is 17.2. The van der Waals surface area contributed by atoms with Crippen molar-refractivity contribution in [3.63, 3.8) is 0 Å². The van der Waals surface area contributed by atoms with Gasteiger partial charge in [0.15, 0.2) is 0 Å². The number of phenolic OH excluding ortho intramolecular Hbond substituents is 1. The Hall–Kier alpha value is -4.73. The van der Waals surface area contributed by atoms with Crippen molar-refractivity contribution in [2.24, 2.45) is 11.5 Å². The Balaban J connectivity index is 3.18. The fourth-order valence-corrected chi connectivity index (χ4v) is 2.97. The molecule has 0 spiro atoms. The summed E-state index contributed by atoms with van der Waals surface area (Å²) in [6.45, 7) is 0. The Kier molecular flexibility index (Phi) is 11.4. The Morgan fingerprint density at radius 2 is 1.16 bits per heavy atom. The van der Waals surface area contributed by atoms with E-state index >= 15 is 0 Å². The van der Waals surface area contributed by atoms with Crippen molar-refractivity contribution in [2.75, 3.05) is 0 Å². The Morgan fingerprint density at radius 1 is 0.703 bits per heavy atom. The second-order valence-electron chi connectivity index (χ2n) is 7.86. The maximum atomic E-state index is 12.9. The highest BCUT2D eigenvalue weighted by atomic mass is 16.4. The minimum absolute atomic E-state index is 0.113. The molecule has 0 aromatic heterocycles. The maximum absolute atomic E-state index is 12.9. The minimum atomic E-state index is -1.86. The van der Waals surface area contributed by atoms with Crippen LogP contribution in [-0.4, -0.2) is 86.1 Å². The quantitative estimate of drug-likeness (QED) is 0.108. The van der Waals surface area contributed by atoms with Crippen molar-refractivity contribution in [3.05, 3.63) is 29.8 Å². The van der Waals surface area contributed by atoms with Crippen LogP contribution in [-0.2, 0) is 40.0 Å². The first-order valence-electron chi connectivity index (χ1n) is 10.6. The molecule has 4 unspecified atom stereocenters. The van der Waals surface area contributed by atoms with Crippen LogP contribution in [0.3, 0.4) is 0 Å². The van der Waals surface area contributed by atoms with E-state index in [9.17, 15) is 43.8 Å². The van der Waals surface area contributed by atoms with Crippen LogP contribution in [0, 0.1) is 0 Å². The number of hydrogen-bond donors (Lipinski definition) is 9.